The molecule has 2 aliphatic heterocycles. The van der Waals surface area contributed by atoms with Crippen LogP contribution in [0.2, 0.25) is 0 Å². The van der Waals surface area contributed by atoms with E-state index in [1.807, 2.05) is 0 Å². The minimum absolute atomic E-state index is 0.0912. The fraction of sp³-hybridized carbons (Fsp3) is 0.316. The molecule has 0 bridgehead atoms. The molecule has 2 aliphatic rings. The number of nitrogens with zero attached hydrogens (tertiary/aromatic N) is 2. The number of methoxy groups -OCH3 is 1. The molecule has 2 atom stereocenters. The van der Waals surface area contributed by atoms with Crippen molar-refractivity contribution in [3.8, 4) is 5.75 Å². The van der Waals surface area contributed by atoms with Crippen LogP contribution in [-0.2, 0) is 16.1 Å². The van der Waals surface area contributed by atoms with Crippen molar-refractivity contribution in [2.75, 3.05) is 25.2 Å². The van der Waals surface area contributed by atoms with Crippen molar-refractivity contribution in [1.29, 1.82) is 0 Å². The quantitative estimate of drug-likeness (QED) is 0.567. The third-order valence-electron chi connectivity index (χ3n) is 5.11. The fourth-order valence-electron chi connectivity index (χ4n) is 3.77. The first-order valence-corrected chi connectivity index (χ1v) is 9.32. The molecule has 1 aromatic heterocycles. The SMILES string of the molecule is COc1cc(F)c([C@H]2CC(=O)N(c3ccc4n(c3=O)CCOC4=O)C2)c(P)c1. The number of carbonyl (C=O) groups is 2. The maximum atomic E-state index is 14.6. The molecular weight excluding hydrogens is 386 g/mol. The zero-order valence-corrected chi connectivity index (χ0v) is 16.3. The lowest BCUT2D eigenvalue weighted by Crippen LogP contribution is -2.38. The monoisotopic (exact) mass is 404 g/mol. The van der Waals surface area contributed by atoms with Gasteiger partial charge in [-0.2, -0.15) is 0 Å². The minimum Gasteiger partial charge on any atom is -0.497 e. The maximum Gasteiger partial charge on any atom is 0.355 e. The topological polar surface area (TPSA) is 77.8 Å². The molecule has 1 fully saturated rings. The van der Waals surface area contributed by atoms with Crippen molar-refractivity contribution >= 4 is 32.1 Å². The highest BCUT2D eigenvalue weighted by Gasteiger charge is 2.36. The smallest absolute Gasteiger partial charge is 0.355 e. The third-order valence-corrected chi connectivity index (χ3v) is 5.58. The summed E-state index contributed by atoms with van der Waals surface area (Å²) in [7, 11) is 3.93. The number of benzene rings is 1. The number of carbonyl (C=O) groups excluding carboxylic acids is 2. The fourth-order valence-corrected chi connectivity index (χ4v) is 4.31. The Morgan fingerprint density at radius 2 is 2.04 bits per heavy atom. The Kier molecular flexibility index (Phi) is 4.67. The average molecular weight is 404 g/mol. The first-order valence-electron chi connectivity index (χ1n) is 8.75. The van der Waals surface area contributed by atoms with Crippen LogP contribution in [0, 0.1) is 5.82 Å². The number of amides is 1. The van der Waals surface area contributed by atoms with E-state index < -0.39 is 23.3 Å². The summed E-state index contributed by atoms with van der Waals surface area (Å²) in [6.45, 7) is 0.532. The van der Waals surface area contributed by atoms with E-state index in [4.69, 9.17) is 9.47 Å². The minimum atomic E-state index is -0.562. The van der Waals surface area contributed by atoms with Crippen LogP contribution in [0.3, 0.4) is 0 Å². The molecule has 1 unspecified atom stereocenters. The van der Waals surface area contributed by atoms with Gasteiger partial charge in [-0.3, -0.25) is 14.2 Å². The van der Waals surface area contributed by atoms with E-state index in [9.17, 15) is 18.8 Å². The summed E-state index contributed by atoms with van der Waals surface area (Å²) in [5.41, 5.74) is 0.342. The third kappa shape index (κ3) is 2.98. The van der Waals surface area contributed by atoms with Gasteiger partial charge in [0.25, 0.3) is 5.56 Å². The highest BCUT2D eigenvalue weighted by atomic mass is 31.0. The Labute approximate surface area is 162 Å². The molecule has 28 heavy (non-hydrogen) atoms. The molecule has 4 rings (SSSR count). The van der Waals surface area contributed by atoms with Gasteiger partial charge in [-0.1, -0.05) is 0 Å². The van der Waals surface area contributed by atoms with Gasteiger partial charge in [0.15, 0.2) is 0 Å². The molecular formula is C19H18FN2O5P. The first-order chi connectivity index (χ1) is 13.4. The van der Waals surface area contributed by atoms with E-state index in [-0.39, 0.29) is 43.4 Å². The zero-order valence-electron chi connectivity index (χ0n) is 15.1. The van der Waals surface area contributed by atoms with Crippen molar-refractivity contribution in [2.45, 2.75) is 18.9 Å². The van der Waals surface area contributed by atoms with Crippen molar-refractivity contribution < 1.29 is 23.5 Å². The lowest BCUT2D eigenvalue weighted by molar-refractivity contribution is -0.117. The average Bonchev–Trinajstić information content (AvgIpc) is 3.03. The number of fused-ring (bicyclic) bond motifs is 1. The van der Waals surface area contributed by atoms with Gasteiger partial charge < -0.3 is 14.4 Å². The highest BCUT2D eigenvalue weighted by Crippen LogP contribution is 2.33. The number of aromatic nitrogens is 1. The number of pyridine rings is 1. The van der Waals surface area contributed by atoms with Crippen molar-refractivity contribution in [1.82, 2.24) is 4.57 Å². The number of rotatable bonds is 3. The second-order valence-electron chi connectivity index (χ2n) is 6.71. The van der Waals surface area contributed by atoms with E-state index in [1.165, 1.54) is 34.8 Å². The number of halogens is 1. The molecule has 0 radical (unpaired) electrons. The van der Waals surface area contributed by atoms with Crippen LogP contribution in [0.15, 0.2) is 29.1 Å². The maximum absolute atomic E-state index is 14.6. The van der Waals surface area contributed by atoms with Gasteiger partial charge in [-0.05, 0) is 23.5 Å². The van der Waals surface area contributed by atoms with Gasteiger partial charge in [-0.15, -0.1) is 9.24 Å². The van der Waals surface area contributed by atoms with E-state index in [0.29, 0.717) is 16.6 Å². The molecule has 7 nitrogen and oxygen atoms in total. The van der Waals surface area contributed by atoms with E-state index in [2.05, 4.69) is 9.24 Å². The molecule has 0 spiro atoms. The number of cyclic esters (lactones) is 1. The number of esters is 1. The summed E-state index contributed by atoms with van der Waals surface area (Å²) in [6.07, 6.45) is 0.0912. The summed E-state index contributed by atoms with van der Waals surface area (Å²) >= 11 is 0. The van der Waals surface area contributed by atoms with E-state index in [0.717, 1.165) is 0 Å². The summed E-state index contributed by atoms with van der Waals surface area (Å²) in [6, 6.07) is 5.91. The van der Waals surface area contributed by atoms with Crippen LogP contribution in [0.1, 0.15) is 28.4 Å². The van der Waals surface area contributed by atoms with Crippen LogP contribution in [0.25, 0.3) is 0 Å². The number of hydrogen-bond acceptors (Lipinski definition) is 5. The summed E-state index contributed by atoms with van der Waals surface area (Å²) in [5, 5.41) is 0.612. The Morgan fingerprint density at radius 3 is 2.75 bits per heavy atom. The predicted octanol–water partition coefficient (Wildman–Crippen LogP) is 1.19. The molecule has 0 N–H and O–H groups in total. The standard InChI is InChI=1S/C19H18FN2O5P/c1-26-11-7-12(20)17(15(28)8-11)10-6-16(23)22(9-10)13-2-3-14-19(25)27-5-4-21(14)18(13)24/h2-3,7-8,10H,4-6,9,28H2,1H3/t10-/m0/s1. The molecule has 146 valence electrons. The largest absolute Gasteiger partial charge is 0.497 e. The van der Waals surface area contributed by atoms with Gasteiger partial charge in [0.05, 0.1) is 13.7 Å². The van der Waals surface area contributed by atoms with Crippen LogP contribution >= 0.6 is 9.24 Å². The van der Waals surface area contributed by atoms with Crippen LogP contribution in [-0.4, -0.2) is 36.7 Å². The van der Waals surface area contributed by atoms with Crippen LogP contribution < -0.4 is 20.5 Å². The molecule has 1 saturated heterocycles. The molecule has 0 aliphatic carbocycles. The Bertz CT molecular complexity index is 1030. The van der Waals surface area contributed by atoms with Gasteiger partial charge in [0.2, 0.25) is 5.91 Å². The van der Waals surface area contributed by atoms with Crippen molar-refractivity contribution in [2.24, 2.45) is 0 Å². The normalized spacial score (nSPS) is 18.8. The lowest BCUT2D eigenvalue weighted by Gasteiger charge is -2.22. The van der Waals surface area contributed by atoms with Gasteiger partial charge in [0, 0.05) is 30.5 Å². The van der Waals surface area contributed by atoms with E-state index in [1.54, 1.807) is 6.07 Å². The predicted molar refractivity (Wildman–Crippen MR) is 103 cm³/mol. The zero-order chi connectivity index (χ0) is 20.0. The number of anilines is 1. The summed E-state index contributed by atoms with van der Waals surface area (Å²) in [5.74, 6) is -1.27. The molecule has 1 amide bonds. The Hall–Kier alpha value is -2.73. The Balaban J connectivity index is 1.69. The summed E-state index contributed by atoms with van der Waals surface area (Å²) in [4.78, 5) is 38.6. The lowest BCUT2D eigenvalue weighted by atomic mass is 9.97. The van der Waals surface area contributed by atoms with E-state index >= 15 is 0 Å². The number of hydrogen-bond donors (Lipinski definition) is 0. The van der Waals surface area contributed by atoms with Gasteiger partial charge in [-0.25, -0.2) is 9.18 Å². The van der Waals surface area contributed by atoms with Gasteiger partial charge >= 0.3 is 5.97 Å². The molecule has 1 aromatic carbocycles. The second-order valence-corrected chi connectivity index (χ2v) is 7.34. The van der Waals surface area contributed by atoms with Crippen molar-refractivity contribution in [3.05, 3.63) is 51.7 Å². The second kappa shape index (κ2) is 7.02. The van der Waals surface area contributed by atoms with Crippen LogP contribution in [0.5, 0.6) is 5.75 Å². The number of ether oxygens (including phenoxy) is 2. The van der Waals surface area contributed by atoms with Crippen molar-refractivity contribution in [3.63, 3.8) is 0 Å². The highest BCUT2D eigenvalue weighted by molar-refractivity contribution is 7.27. The first kappa shape index (κ1) is 18.6. The van der Waals surface area contributed by atoms with Crippen LogP contribution in [0.4, 0.5) is 10.1 Å². The molecule has 9 heteroatoms. The molecule has 0 saturated carbocycles. The molecule has 3 heterocycles. The Morgan fingerprint density at radius 1 is 1.25 bits per heavy atom. The van der Waals surface area contributed by atoms with Gasteiger partial charge in [0.1, 0.15) is 29.6 Å². The molecule has 2 aromatic rings. The summed E-state index contributed by atoms with van der Waals surface area (Å²) < 4.78 is 25.9.